The van der Waals surface area contributed by atoms with Crippen LogP contribution in [0.4, 0.5) is 10.8 Å². The smallest absolute Gasteiger partial charge is 0.310 e. The summed E-state index contributed by atoms with van der Waals surface area (Å²) in [6.45, 7) is 3.93. The third-order valence-corrected chi connectivity index (χ3v) is 5.04. The summed E-state index contributed by atoms with van der Waals surface area (Å²) in [6, 6.07) is 7.51. The van der Waals surface area contributed by atoms with Crippen LogP contribution in [0, 0.1) is 5.92 Å². The second kappa shape index (κ2) is 5.89. The number of hydrogen-bond donors (Lipinski definition) is 1. The van der Waals surface area contributed by atoms with E-state index in [0.29, 0.717) is 11.4 Å². The molecule has 0 amide bonds. The number of aromatic nitrogens is 1. The molecule has 3 rings (SSSR count). The van der Waals surface area contributed by atoms with Crippen molar-refractivity contribution >= 4 is 39.7 Å². The molecule has 0 bridgehead atoms. The third-order valence-electron chi connectivity index (χ3n) is 3.95. The topological polar surface area (TPSA) is 51.2 Å². The summed E-state index contributed by atoms with van der Waals surface area (Å²) in [5, 5.41) is 6.52. The summed E-state index contributed by atoms with van der Waals surface area (Å²) in [5.74, 6) is -0.162. The number of para-hydroxylation sites is 1. The molecule has 1 aliphatic heterocycles. The first-order valence-corrected chi connectivity index (χ1v) is 8.48. The summed E-state index contributed by atoms with van der Waals surface area (Å²) >= 11 is 7.61. The Morgan fingerprint density at radius 2 is 2.27 bits per heavy atom. The van der Waals surface area contributed by atoms with Gasteiger partial charge >= 0.3 is 5.97 Å². The number of carbonyl (C=O) groups excluding carboxylic acids is 1. The molecule has 4 nitrogen and oxygen atoms in total. The zero-order chi connectivity index (χ0) is 15.7. The number of rotatable bonds is 4. The molecule has 1 aromatic heterocycles. The van der Waals surface area contributed by atoms with E-state index < -0.39 is 5.60 Å². The normalized spacial score (nSPS) is 24.3. The minimum absolute atomic E-state index is 0.0355. The molecular formula is C16H17ClN2O2S. The molecule has 2 aromatic rings. The van der Waals surface area contributed by atoms with Crippen LogP contribution in [-0.2, 0) is 15.1 Å². The third kappa shape index (κ3) is 2.83. The predicted octanol–water partition coefficient (Wildman–Crippen LogP) is 4.73. The van der Waals surface area contributed by atoms with Gasteiger partial charge in [-0.25, -0.2) is 4.98 Å². The first-order chi connectivity index (χ1) is 10.5. The molecule has 0 radical (unpaired) electrons. The highest BCUT2D eigenvalue weighted by atomic mass is 35.5. The lowest BCUT2D eigenvalue weighted by molar-refractivity contribution is -0.150. The predicted molar refractivity (Wildman–Crippen MR) is 88.7 cm³/mol. The van der Waals surface area contributed by atoms with E-state index in [-0.39, 0.29) is 11.9 Å². The Morgan fingerprint density at radius 3 is 2.95 bits per heavy atom. The van der Waals surface area contributed by atoms with Gasteiger partial charge in [0.1, 0.15) is 0 Å². The number of halogens is 1. The van der Waals surface area contributed by atoms with Gasteiger partial charge < -0.3 is 10.1 Å². The van der Waals surface area contributed by atoms with E-state index in [2.05, 4.69) is 10.3 Å². The lowest BCUT2D eigenvalue weighted by atomic mass is 9.92. The monoisotopic (exact) mass is 336 g/mol. The molecule has 2 heterocycles. The Bertz CT molecular complexity index is 703. The van der Waals surface area contributed by atoms with Crippen molar-refractivity contribution < 1.29 is 9.53 Å². The van der Waals surface area contributed by atoms with Gasteiger partial charge in [-0.1, -0.05) is 30.7 Å². The zero-order valence-electron chi connectivity index (χ0n) is 12.4. The molecular weight excluding hydrogens is 320 g/mol. The van der Waals surface area contributed by atoms with E-state index >= 15 is 0 Å². The average molecular weight is 337 g/mol. The van der Waals surface area contributed by atoms with Gasteiger partial charge in [-0.05, 0) is 25.5 Å². The van der Waals surface area contributed by atoms with Crippen molar-refractivity contribution in [2.24, 2.45) is 5.92 Å². The van der Waals surface area contributed by atoms with Crippen LogP contribution in [0.15, 0.2) is 29.6 Å². The van der Waals surface area contributed by atoms with Gasteiger partial charge in [-0.2, -0.15) is 0 Å². The van der Waals surface area contributed by atoms with Gasteiger partial charge in [0.2, 0.25) is 0 Å². The van der Waals surface area contributed by atoms with Crippen LogP contribution in [0.3, 0.4) is 0 Å². The van der Waals surface area contributed by atoms with E-state index in [1.165, 1.54) is 11.3 Å². The van der Waals surface area contributed by atoms with Crippen molar-refractivity contribution in [2.45, 2.75) is 32.3 Å². The quantitative estimate of drug-likeness (QED) is 0.820. The van der Waals surface area contributed by atoms with Gasteiger partial charge in [-0.3, -0.25) is 4.79 Å². The van der Waals surface area contributed by atoms with Crippen LogP contribution in [-0.4, -0.2) is 11.0 Å². The second-order valence-electron chi connectivity index (χ2n) is 5.60. The molecule has 1 saturated heterocycles. The van der Waals surface area contributed by atoms with Crippen LogP contribution in [0.5, 0.6) is 0 Å². The molecule has 1 aromatic carbocycles. The standard InChI is InChI=1S/C16H17ClN2O2S/c1-3-10-8-16(2,21-14(10)20)13-9-22-15(19-13)18-12-7-5-4-6-11(12)17/h4-7,9-10H,3,8H2,1-2H3,(H,18,19). The maximum atomic E-state index is 11.9. The van der Waals surface area contributed by atoms with E-state index in [4.69, 9.17) is 16.3 Å². The lowest BCUT2D eigenvalue weighted by Crippen LogP contribution is -2.21. The molecule has 22 heavy (non-hydrogen) atoms. The minimum atomic E-state index is -0.630. The van der Waals surface area contributed by atoms with E-state index in [1.54, 1.807) is 0 Å². The number of cyclic esters (lactones) is 1. The number of anilines is 2. The highest BCUT2D eigenvalue weighted by molar-refractivity contribution is 7.13. The molecule has 2 unspecified atom stereocenters. The lowest BCUT2D eigenvalue weighted by Gasteiger charge is -2.19. The van der Waals surface area contributed by atoms with E-state index in [9.17, 15) is 4.79 Å². The maximum Gasteiger partial charge on any atom is 0.310 e. The summed E-state index contributed by atoms with van der Waals surface area (Å²) in [7, 11) is 0. The number of nitrogens with one attached hydrogen (secondary N) is 1. The van der Waals surface area contributed by atoms with Gasteiger partial charge in [0.15, 0.2) is 10.7 Å². The fraction of sp³-hybridized carbons (Fsp3) is 0.375. The molecule has 0 spiro atoms. The van der Waals surface area contributed by atoms with Crippen LogP contribution >= 0.6 is 22.9 Å². The zero-order valence-corrected chi connectivity index (χ0v) is 14.0. The highest BCUT2D eigenvalue weighted by Crippen LogP contribution is 2.41. The number of carbonyl (C=O) groups is 1. The molecule has 116 valence electrons. The number of nitrogens with zero attached hydrogens (tertiary/aromatic N) is 1. The van der Waals surface area contributed by atoms with Crippen molar-refractivity contribution in [2.75, 3.05) is 5.32 Å². The number of esters is 1. The molecule has 2 atom stereocenters. The Hall–Kier alpha value is -1.59. The Morgan fingerprint density at radius 1 is 1.50 bits per heavy atom. The second-order valence-corrected chi connectivity index (χ2v) is 6.87. The van der Waals surface area contributed by atoms with Gasteiger partial charge in [0.25, 0.3) is 0 Å². The number of ether oxygens (including phenoxy) is 1. The number of thiazole rings is 1. The highest BCUT2D eigenvalue weighted by Gasteiger charge is 2.45. The summed E-state index contributed by atoms with van der Waals surface area (Å²) < 4.78 is 5.58. The molecule has 6 heteroatoms. The van der Waals surface area contributed by atoms with Gasteiger partial charge in [-0.15, -0.1) is 11.3 Å². The van der Waals surface area contributed by atoms with Crippen molar-refractivity contribution in [1.29, 1.82) is 0 Å². The van der Waals surface area contributed by atoms with E-state index in [0.717, 1.165) is 22.9 Å². The summed E-state index contributed by atoms with van der Waals surface area (Å²) in [5.41, 5.74) is 0.968. The Kier molecular flexibility index (Phi) is 4.10. The summed E-state index contributed by atoms with van der Waals surface area (Å²) in [4.78, 5) is 16.4. The van der Waals surface area contributed by atoms with Gasteiger partial charge in [0, 0.05) is 11.8 Å². The summed E-state index contributed by atoms with van der Waals surface area (Å²) in [6.07, 6.45) is 1.47. The molecule has 0 aliphatic carbocycles. The number of hydrogen-bond acceptors (Lipinski definition) is 5. The van der Waals surface area contributed by atoms with Crippen LogP contribution in [0.1, 0.15) is 32.4 Å². The van der Waals surface area contributed by atoms with Crippen molar-refractivity contribution in [3.8, 4) is 0 Å². The van der Waals surface area contributed by atoms with Crippen molar-refractivity contribution in [1.82, 2.24) is 4.98 Å². The molecule has 1 N–H and O–H groups in total. The van der Waals surface area contributed by atoms with Crippen molar-refractivity contribution in [3.63, 3.8) is 0 Å². The van der Waals surface area contributed by atoms with Gasteiger partial charge in [0.05, 0.1) is 22.3 Å². The Balaban J connectivity index is 1.80. The van der Waals surface area contributed by atoms with Crippen LogP contribution < -0.4 is 5.32 Å². The average Bonchev–Trinajstić information content (AvgIpc) is 3.07. The van der Waals surface area contributed by atoms with E-state index in [1.807, 2.05) is 43.5 Å². The van der Waals surface area contributed by atoms with Crippen LogP contribution in [0.2, 0.25) is 5.02 Å². The molecule has 0 saturated carbocycles. The fourth-order valence-electron chi connectivity index (χ4n) is 2.62. The largest absolute Gasteiger partial charge is 0.453 e. The minimum Gasteiger partial charge on any atom is -0.453 e. The SMILES string of the molecule is CCC1CC(C)(c2csc(Nc3ccccc3Cl)n2)OC1=O. The first-order valence-electron chi connectivity index (χ1n) is 7.22. The van der Waals surface area contributed by atoms with Crippen molar-refractivity contribution in [3.05, 3.63) is 40.4 Å². The number of benzene rings is 1. The van der Waals surface area contributed by atoms with Crippen LogP contribution in [0.25, 0.3) is 0 Å². The Labute approximate surface area is 138 Å². The first kappa shape index (κ1) is 15.3. The molecule has 1 aliphatic rings. The fourth-order valence-corrected chi connectivity index (χ4v) is 3.65. The molecule has 1 fully saturated rings. The maximum absolute atomic E-state index is 11.9.